The quantitative estimate of drug-likeness (QED) is 0.802. The van der Waals surface area contributed by atoms with Crippen LogP contribution in [0.4, 0.5) is 0 Å². The van der Waals surface area contributed by atoms with Gasteiger partial charge in [-0.3, -0.25) is 14.3 Å². The van der Waals surface area contributed by atoms with E-state index in [1.807, 2.05) is 0 Å². The number of carbonyl (C=O) groups excluding carboxylic acids is 3. The lowest BCUT2D eigenvalue weighted by atomic mass is 10.0. The molecule has 0 saturated heterocycles. The van der Waals surface area contributed by atoms with Crippen molar-refractivity contribution in [2.24, 2.45) is 7.05 Å². The summed E-state index contributed by atoms with van der Waals surface area (Å²) in [5.74, 6) is -1.77. The highest BCUT2D eigenvalue weighted by Gasteiger charge is 2.39. The zero-order valence-electron chi connectivity index (χ0n) is 13.8. The van der Waals surface area contributed by atoms with Gasteiger partial charge in [0.05, 0.1) is 16.8 Å². The Morgan fingerprint density at radius 3 is 2.32 bits per heavy atom. The van der Waals surface area contributed by atoms with E-state index in [0.29, 0.717) is 16.3 Å². The molecule has 25 heavy (non-hydrogen) atoms. The molecule has 1 saturated carbocycles. The molecule has 1 aliphatic carbocycles. The summed E-state index contributed by atoms with van der Waals surface area (Å²) in [6.07, 6.45) is 5.74. The first-order valence-corrected chi connectivity index (χ1v) is 8.30. The van der Waals surface area contributed by atoms with Gasteiger partial charge in [-0.2, -0.15) is 5.10 Å². The molecule has 0 atom stereocenters. The number of amides is 2. The third kappa shape index (κ3) is 2.52. The Morgan fingerprint density at radius 2 is 1.72 bits per heavy atom. The molecule has 0 bridgehead atoms. The van der Waals surface area contributed by atoms with E-state index in [1.54, 1.807) is 30.1 Å². The number of carbonyl (C=O) groups is 3. The van der Waals surface area contributed by atoms with Crippen LogP contribution >= 0.6 is 0 Å². The number of benzene rings is 1. The smallest absolute Gasteiger partial charge is 0.324 e. The van der Waals surface area contributed by atoms with Crippen LogP contribution in [0.25, 0.3) is 0 Å². The maximum atomic E-state index is 12.6. The van der Waals surface area contributed by atoms with Gasteiger partial charge in [0.25, 0.3) is 11.8 Å². The maximum Gasteiger partial charge on any atom is 0.367 e. The fraction of sp³-hybridized carbons (Fsp3) is 0.333. The zero-order valence-corrected chi connectivity index (χ0v) is 13.8. The van der Waals surface area contributed by atoms with Crippen molar-refractivity contribution in [1.82, 2.24) is 14.8 Å². The van der Waals surface area contributed by atoms with Gasteiger partial charge in [-0.1, -0.05) is 30.0 Å². The van der Waals surface area contributed by atoms with E-state index in [4.69, 9.17) is 4.84 Å². The Morgan fingerprint density at radius 1 is 1.12 bits per heavy atom. The van der Waals surface area contributed by atoms with E-state index in [9.17, 15) is 14.4 Å². The Kier molecular flexibility index (Phi) is 3.63. The molecule has 7 nitrogen and oxygen atoms in total. The maximum absolute atomic E-state index is 12.6. The van der Waals surface area contributed by atoms with Crippen molar-refractivity contribution in [1.29, 1.82) is 0 Å². The minimum atomic E-state index is -0.732. The third-order valence-corrected chi connectivity index (χ3v) is 4.75. The standard InChI is InChI=1S/C18H17N3O4/c1-20-10-14(15(19-20)11-6-2-3-7-11)18(24)25-21-16(22)12-8-4-5-9-13(12)17(21)23/h4-5,8-11H,2-3,6-7H2,1H3. The van der Waals surface area contributed by atoms with Crippen LogP contribution in [-0.2, 0) is 11.9 Å². The number of hydroxylamine groups is 2. The number of nitrogens with zero attached hydrogens (tertiary/aromatic N) is 3. The van der Waals surface area contributed by atoms with E-state index < -0.39 is 17.8 Å². The second-order valence-electron chi connectivity index (χ2n) is 6.41. The number of aryl methyl sites for hydroxylation is 1. The van der Waals surface area contributed by atoms with Gasteiger partial charge in [0.1, 0.15) is 5.56 Å². The van der Waals surface area contributed by atoms with Crippen molar-refractivity contribution in [3.8, 4) is 0 Å². The van der Waals surface area contributed by atoms with Crippen LogP contribution < -0.4 is 0 Å². The highest BCUT2D eigenvalue weighted by molar-refractivity contribution is 6.21. The summed E-state index contributed by atoms with van der Waals surface area (Å²) in [6.45, 7) is 0. The van der Waals surface area contributed by atoms with Gasteiger partial charge in [-0.15, -0.1) is 0 Å². The average Bonchev–Trinajstić information content (AvgIpc) is 3.31. The molecule has 1 aliphatic heterocycles. The summed E-state index contributed by atoms with van der Waals surface area (Å²) in [4.78, 5) is 42.4. The summed E-state index contributed by atoms with van der Waals surface area (Å²) < 4.78 is 1.56. The van der Waals surface area contributed by atoms with E-state index >= 15 is 0 Å². The first-order chi connectivity index (χ1) is 12.1. The van der Waals surface area contributed by atoms with Gasteiger partial charge in [0, 0.05) is 19.2 Å². The minimum Gasteiger partial charge on any atom is -0.324 e. The van der Waals surface area contributed by atoms with Crippen molar-refractivity contribution in [2.75, 3.05) is 0 Å². The van der Waals surface area contributed by atoms with Gasteiger partial charge >= 0.3 is 5.97 Å². The molecule has 4 rings (SSSR count). The predicted octanol–water partition coefficient (Wildman–Crippen LogP) is 2.45. The largest absolute Gasteiger partial charge is 0.367 e. The molecule has 2 heterocycles. The van der Waals surface area contributed by atoms with Gasteiger partial charge in [0.2, 0.25) is 0 Å². The highest BCUT2D eigenvalue weighted by atomic mass is 16.7. The van der Waals surface area contributed by atoms with Crippen molar-refractivity contribution in [2.45, 2.75) is 31.6 Å². The molecule has 7 heteroatoms. The molecular formula is C18H17N3O4. The molecule has 1 aromatic heterocycles. The summed E-state index contributed by atoms with van der Waals surface area (Å²) in [5.41, 5.74) is 1.47. The molecule has 1 fully saturated rings. The molecule has 0 N–H and O–H groups in total. The summed E-state index contributed by atoms with van der Waals surface area (Å²) >= 11 is 0. The normalized spacial score (nSPS) is 17.2. The van der Waals surface area contributed by atoms with E-state index in [0.717, 1.165) is 25.7 Å². The number of hydrogen-bond donors (Lipinski definition) is 0. The molecule has 2 aliphatic rings. The summed E-state index contributed by atoms with van der Waals surface area (Å²) in [5, 5.41) is 4.93. The molecule has 2 amide bonds. The lowest BCUT2D eigenvalue weighted by Crippen LogP contribution is -2.32. The third-order valence-electron chi connectivity index (χ3n) is 4.75. The van der Waals surface area contributed by atoms with Crippen molar-refractivity contribution in [3.63, 3.8) is 0 Å². The molecule has 2 aromatic rings. The molecule has 0 unspecified atom stereocenters. The molecule has 0 spiro atoms. The summed E-state index contributed by atoms with van der Waals surface area (Å²) in [6, 6.07) is 6.40. The fourth-order valence-electron chi connectivity index (χ4n) is 3.55. The van der Waals surface area contributed by atoms with Crippen LogP contribution in [0.3, 0.4) is 0 Å². The average molecular weight is 339 g/mol. The van der Waals surface area contributed by atoms with Crippen molar-refractivity contribution < 1.29 is 19.2 Å². The van der Waals surface area contributed by atoms with Gasteiger partial charge in [-0.25, -0.2) is 4.79 Å². The minimum absolute atomic E-state index is 0.214. The van der Waals surface area contributed by atoms with Crippen molar-refractivity contribution >= 4 is 17.8 Å². The van der Waals surface area contributed by atoms with Crippen LogP contribution in [0.1, 0.15) is 68.4 Å². The Balaban J connectivity index is 1.60. The SMILES string of the molecule is Cn1cc(C(=O)ON2C(=O)c3ccccc3C2=O)c(C2CCCC2)n1. The van der Waals surface area contributed by atoms with E-state index in [1.165, 1.54) is 12.1 Å². The lowest BCUT2D eigenvalue weighted by molar-refractivity contribution is -0.0585. The van der Waals surface area contributed by atoms with Gasteiger partial charge in [0.15, 0.2) is 0 Å². The Bertz CT molecular complexity index is 845. The van der Waals surface area contributed by atoms with Crippen LogP contribution in [0, 0.1) is 0 Å². The first kappa shape index (κ1) is 15.6. The Labute approximate surface area is 144 Å². The second-order valence-corrected chi connectivity index (χ2v) is 6.41. The topological polar surface area (TPSA) is 81.5 Å². The van der Waals surface area contributed by atoms with Gasteiger partial charge < -0.3 is 4.84 Å². The monoisotopic (exact) mass is 339 g/mol. The molecule has 128 valence electrons. The van der Waals surface area contributed by atoms with Gasteiger partial charge in [-0.05, 0) is 25.0 Å². The van der Waals surface area contributed by atoms with E-state index in [2.05, 4.69) is 5.10 Å². The van der Waals surface area contributed by atoms with E-state index in [-0.39, 0.29) is 17.0 Å². The first-order valence-electron chi connectivity index (χ1n) is 8.30. The van der Waals surface area contributed by atoms with Crippen LogP contribution in [0.15, 0.2) is 30.5 Å². The highest BCUT2D eigenvalue weighted by Crippen LogP contribution is 2.35. The zero-order chi connectivity index (χ0) is 17.6. The van der Waals surface area contributed by atoms with Crippen molar-refractivity contribution in [3.05, 3.63) is 52.8 Å². The molecular weight excluding hydrogens is 322 g/mol. The molecule has 0 radical (unpaired) electrons. The lowest BCUT2D eigenvalue weighted by Gasteiger charge is -2.13. The number of imide groups is 1. The number of rotatable bonds is 3. The Hall–Kier alpha value is -2.96. The number of hydrogen-bond acceptors (Lipinski definition) is 5. The van der Waals surface area contributed by atoms with Crippen LogP contribution in [0.2, 0.25) is 0 Å². The summed E-state index contributed by atoms with van der Waals surface area (Å²) in [7, 11) is 1.73. The number of aromatic nitrogens is 2. The van der Waals surface area contributed by atoms with Crippen LogP contribution in [-0.4, -0.2) is 32.6 Å². The molecule has 1 aromatic carbocycles. The fourth-order valence-corrected chi connectivity index (χ4v) is 3.55. The predicted molar refractivity (Wildman–Crippen MR) is 86.8 cm³/mol. The van der Waals surface area contributed by atoms with Crippen LogP contribution in [0.5, 0.6) is 0 Å². The number of fused-ring (bicyclic) bond motifs is 1. The second kappa shape index (κ2) is 5.84.